The third-order valence-electron chi connectivity index (χ3n) is 6.28. The minimum absolute atomic E-state index is 0.0103. The van der Waals surface area contributed by atoms with E-state index in [9.17, 15) is 14.7 Å². The van der Waals surface area contributed by atoms with E-state index in [-0.39, 0.29) is 17.4 Å². The molecule has 1 aromatic heterocycles. The summed E-state index contributed by atoms with van der Waals surface area (Å²) in [5.41, 5.74) is 1.18. The molecular weight excluding hydrogens is 332 g/mol. The first-order valence-electron chi connectivity index (χ1n) is 9.52. The van der Waals surface area contributed by atoms with E-state index in [2.05, 4.69) is 29.6 Å². The van der Waals surface area contributed by atoms with E-state index in [0.29, 0.717) is 18.2 Å². The minimum Gasteiger partial charge on any atom is -0.396 e. The highest BCUT2D eigenvalue weighted by Gasteiger charge is 2.60. The first-order valence-corrected chi connectivity index (χ1v) is 9.52. The van der Waals surface area contributed by atoms with Gasteiger partial charge in [-0.05, 0) is 24.7 Å². The summed E-state index contributed by atoms with van der Waals surface area (Å²) in [6.07, 6.45) is 8.33. The molecule has 1 aromatic rings. The van der Waals surface area contributed by atoms with Crippen molar-refractivity contribution in [3.8, 4) is 0 Å². The van der Waals surface area contributed by atoms with E-state index in [1.807, 2.05) is 7.05 Å². The van der Waals surface area contributed by atoms with Crippen molar-refractivity contribution in [1.29, 1.82) is 0 Å². The molecule has 0 radical (unpaired) electrons. The summed E-state index contributed by atoms with van der Waals surface area (Å²) in [7, 11) is 1.82. The zero-order valence-corrected chi connectivity index (χ0v) is 16.0. The maximum atomic E-state index is 12.3. The van der Waals surface area contributed by atoms with Crippen molar-refractivity contribution < 1.29 is 14.7 Å². The average molecular weight is 362 g/mol. The Hall–Kier alpha value is -1.89. The van der Waals surface area contributed by atoms with E-state index in [0.717, 1.165) is 25.0 Å². The quantitative estimate of drug-likeness (QED) is 0.697. The summed E-state index contributed by atoms with van der Waals surface area (Å²) in [6, 6.07) is 0. The minimum atomic E-state index is -0.679. The van der Waals surface area contributed by atoms with Crippen LogP contribution in [0.4, 0.5) is 5.69 Å². The van der Waals surface area contributed by atoms with Gasteiger partial charge in [-0.1, -0.05) is 33.1 Å². The molecule has 0 aliphatic heterocycles. The molecule has 1 unspecified atom stereocenters. The molecule has 0 bridgehead atoms. The molecule has 144 valence electrons. The smallest absolute Gasteiger partial charge is 0.313 e. The van der Waals surface area contributed by atoms with Gasteiger partial charge in [0.1, 0.15) is 0 Å². The number of hydrogen-bond donors (Lipinski definition) is 3. The van der Waals surface area contributed by atoms with Gasteiger partial charge in [0.25, 0.3) is 0 Å². The highest BCUT2D eigenvalue weighted by Crippen LogP contribution is 2.62. The summed E-state index contributed by atoms with van der Waals surface area (Å²) in [6.45, 7) is 4.44. The standard InChI is InChI=1S/C19H30N4O3/c1-18(2)10-19(18,12-24)11-20-16(25)17(26)21-14-9-23(3)22-15(14)13-7-5-4-6-8-13/h9,13,24H,4-8,10-12H2,1-3H3,(H,20,25)(H,21,26). The fourth-order valence-corrected chi connectivity index (χ4v) is 4.22. The number of amides is 2. The topological polar surface area (TPSA) is 96.2 Å². The van der Waals surface area contributed by atoms with Gasteiger partial charge in [-0.2, -0.15) is 5.10 Å². The molecule has 1 atom stereocenters. The van der Waals surface area contributed by atoms with Crippen LogP contribution in [0.5, 0.6) is 0 Å². The lowest BCUT2D eigenvalue weighted by Gasteiger charge is -2.21. The SMILES string of the molecule is Cn1cc(NC(=O)C(=O)NCC2(CO)CC2(C)C)c(C2CCCCC2)n1. The van der Waals surface area contributed by atoms with Gasteiger partial charge in [0.15, 0.2) is 0 Å². The zero-order chi connectivity index (χ0) is 18.9. The lowest BCUT2D eigenvalue weighted by molar-refractivity contribution is -0.136. The molecule has 2 aliphatic rings. The Morgan fingerprint density at radius 1 is 1.27 bits per heavy atom. The molecule has 1 heterocycles. The Morgan fingerprint density at radius 3 is 2.50 bits per heavy atom. The lowest BCUT2D eigenvalue weighted by Crippen LogP contribution is -2.40. The molecule has 0 spiro atoms. The van der Waals surface area contributed by atoms with Gasteiger partial charge in [-0.25, -0.2) is 0 Å². The van der Waals surface area contributed by atoms with E-state index in [4.69, 9.17) is 0 Å². The van der Waals surface area contributed by atoms with Gasteiger partial charge in [-0.15, -0.1) is 0 Å². The van der Waals surface area contributed by atoms with Crippen molar-refractivity contribution >= 4 is 17.5 Å². The summed E-state index contributed by atoms with van der Waals surface area (Å²) >= 11 is 0. The number of aliphatic hydroxyl groups excluding tert-OH is 1. The number of carbonyl (C=O) groups excluding carboxylic acids is 2. The summed E-state index contributed by atoms with van der Waals surface area (Å²) in [5, 5.41) is 19.5. The van der Waals surface area contributed by atoms with E-state index in [1.54, 1.807) is 10.9 Å². The van der Waals surface area contributed by atoms with Gasteiger partial charge in [0.05, 0.1) is 18.0 Å². The monoisotopic (exact) mass is 362 g/mol. The Labute approximate surface area is 154 Å². The fourth-order valence-electron chi connectivity index (χ4n) is 4.22. The largest absolute Gasteiger partial charge is 0.396 e. The average Bonchev–Trinajstić information content (AvgIpc) is 2.98. The van der Waals surface area contributed by atoms with Crippen LogP contribution in [0.15, 0.2) is 6.20 Å². The Balaban J connectivity index is 1.60. The maximum absolute atomic E-state index is 12.3. The summed E-state index contributed by atoms with van der Waals surface area (Å²) in [4.78, 5) is 24.5. The van der Waals surface area contributed by atoms with Crippen molar-refractivity contribution in [2.75, 3.05) is 18.5 Å². The fraction of sp³-hybridized carbons (Fsp3) is 0.737. The van der Waals surface area contributed by atoms with Gasteiger partial charge in [0, 0.05) is 31.1 Å². The van der Waals surface area contributed by atoms with Crippen LogP contribution >= 0.6 is 0 Å². The van der Waals surface area contributed by atoms with Crippen molar-refractivity contribution in [2.45, 2.75) is 58.3 Å². The highest BCUT2D eigenvalue weighted by molar-refractivity contribution is 6.39. The van der Waals surface area contributed by atoms with Crippen LogP contribution in [0.25, 0.3) is 0 Å². The van der Waals surface area contributed by atoms with Crippen molar-refractivity contribution in [2.24, 2.45) is 17.9 Å². The number of rotatable bonds is 5. The first kappa shape index (κ1) is 18.9. The van der Waals surface area contributed by atoms with Crippen LogP contribution in [0, 0.1) is 10.8 Å². The predicted octanol–water partition coefficient (Wildman–Crippen LogP) is 1.93. The first-order chi connectivity index (χ1) is 12.3. The van der Waals surface area contributed by atoms with Crippen LogP contribution in [-0.2, 0) is 16.6 Å². The second-order valence-electron chi connectivity index (χ2n) is 8.57. The molecule has 3 rings (SSSR count). The second kappa shape index (κ2) is 7.02. The third kappa shape index (κ3) is 3.63. The predicted molar refractivity (Wildman–Crippen MR) is 98.6 cm³/mol. The van der Waals surface area contributed by atoms with Crippen LogP contribution in [0.2, 0.25) is 0 Å². The number of anilines is 1. The molecule has 0 aromatic carbocycles. The number of nitrogens with one attached hydrogen (secondary N) is 2. The maximum Gasteiger partial charge on any atom is 0.313 e. The Kier molecular flexibility index (Phi) is 5.10. The van der Waals surface area contributed by atoms with Crippen LogP contribution in [0.1, 0.15) is 64.0 Å². The number of aliphatic hydroxyl groups is 1. The normalized spacial score (nSPS) is 24.9. The van der Waals surface area contributed by atoms with Crippen molar-refractivity contribution in [3.63, 3.8) is 0 Å². The van der Waals surface area contributed by atoms with Gasteiger partial charge < -0.3 is 15.7 Å². The molecule has 2 amide bonds. The van der Waals surface area contributed by atoms with E-state index in [1.165, 1.54) is 19.3 Å². The van der Waals surface area contributed by atoms with Crippen LogP contribution in [-0.4, -0.2) is 39.9 Å². The van der Waals surface area contributed by atoms with Crippen molar-refractivity contribution in [1.82, 2.24) is 15.1 Å². The molecule has 2 fully saturated rings. The Morgan fingerprint density at radius 2 is 1.92 bits per heavy atom. The summed E-state index contributed by atoms with van der Waals surface area (Å²) < 4.78 is 1.69. The second-order valence-corrected chi connectivity index (χ2v) is 8.57. The van der Waals surface area contributed by atoms with Gasteiger partial charge in [-0.3, -0.25) is 14.3 Å². The molecular formula is C19H30N4O3. The van der Waals surface area contributed by atoms with Crippen LogP contribution in [0.3, 0.4) is 0 Å². The van der Waals surface area contributed by atoms with Crippen molar-refractivity contribution in [3.05, 3.63) is 11.9 Å². The molecule has 2 aliphatic carbocycles. The lowest BCUT2D eigenvalue weighted by atomic mass is 9.86. The van der Waals surface area contributed by atoms with Gasteiger partial charge >= 0.3 is 11.8 Å². The number of carbonyl (C=O) groups is 2. The van der Waals surface area contributed by atoms with E-state index >= 15 is 0 Å². The third-order valence-corrected chi connectivity index (χ3v) is 6.28. The van der Waals surface area contributed by atoms with Gasteiger partial charge in [0.2, 0.25) is 0 Å². The molecule has 7 heteroatoms. The zero-order valence-electron chi connectivity index (χ0n) is 16.0. The Bertz CT molecular complexity index is 691. The molecule has 7 nitrogen and oxygen atoms in total. The number of aromatic nitrogens is 2. The molecule has 26 heavy (non-hydrogen) atoms. The highest BCUT2D eigenvalue weighted by atomic mass is 16.3. The summed E-state index contributed by atoms with van der Waals surface area (Å²) in [5.74, 6) is -1.01. The number of nitrogens with zero attached hydrogens (tertiary/aromatic N) is 2. The molecule has 3 N–H and O–H groups in total. The van der Waals surface area contributed by atoms with Crippen LogP contribution < -0.4 is 10.6 Å². The molecule has 2 saturated carbocycles. The van der Waals surface area contributed by atoms with E-state index < -0.39 is 11.8 Å². The number of hydrogen-bond acceptors (Lipinski definition) is 4. The number of aryl methyl sites for hydroxylation is 1. The molecule has 0 saturated heterocycles.